The van der Waals surface area contributed by atoms with Crippen LogP contribution in [0.3, 0.4) is 0 Å². The Bertz CT molecular complexity index is 1280. The molecule has 4 rings (SSSR count). The number of methoxy groups -OCH3 is 1. The van der Waals surface area contributed by atoms with E-state index in [2.05, 4.69) is 15.9 Å². The van der Waals surface area contributed by atoms with Crippen molar-refractivity contribution in [1.82, 2.24) is 0 Å². The first kappa shape index (κ1) is 24.5. The molecule has 1 unspecified atom stereocenters. The molecule has 1 amide bonds. The van der Waals surface area contributed by atoms with Crippen LogP contribution in [-0.4, -0.2) is 30.5 Å². The van der Waals surface area contributed by atoms with Gasteiger partial charge in [0.05, 0.1) is 25.3 Å². The zero-order valence-corrected chi connectivity index (χ0v) is 21.3. The van der Waals surface area contributed by atoms with E-state index in [0.29, 0.717) is 34.9 Å². The summed E-state index contributed by atoms with van der Waals surface area (Å²) in [6.45, 7) is 4.32. The lowest BCUT2D eigenvalue weighted by atomic mass is 9.94. The quantitative estimate of drug-likeness (QED) is 0.226. The molecule has 1 N–H and O–H groups in total. The minimum absolute atomic E-state index is 0.0181. The topological polar surface area (TPSA) is 76.1 Å². The van der Waals surface area contributed by atoms with Crippen molar-refractivity contribution in [3.63, 3.8) is 0 Å². The number of Topliss-reactive ketones (excluding diaryl/α,β-unsaturated/α-hetero) is 1. The second-order valence-electron chi connectivity index (χ2n) is 8.04. The van der Waals surface area contributed by atoms with Gasteiger partial charge < -0.3 is 14.6 Å². The molecule has 1 fully saturated rings. The van der Waals surface area contributed by atoms with Gasteiger partial charge in [-0.15, -0.1) is 0 Å². The molecule has 180 valence electrons. The molecule has 0 bridgehead atoms. The number of aliphatic hydroxyl groups is 1. The van der Waals surface area contributed by atoms with Crippen molar-refractivity contribution < 1.29 is 24.2 Å². The number of aryl methyl sites for hydroxylation is 1. The lowest BCUT2D eigenvalue weighted by Gasteiger charge is -2.26. The smallest absolute Gasteiger partial charge is 0.300 e. The van der Waals surface area contributed by atoms with Crippen LogP contribution in [0.1, 0.15) is 36.6 Å². The molecule has 0 aliphatic carbocycles. The summed E-state index contributed by atoms with van der Waals surface area (Å²) in [5, 5.41) is 11.3. The number of benzene rings is 3. The van der Waals surface area contributed by atoms with Crippen LogP contribution in [0.5, 0.6) is 11.5 Å². The summed E-state index contributed by atoms with van der Waals surface area (Å²) in [6, 6.07) is 18.8. The number of anilines is 1. The van der Waals surface area contributed by atoms with E-state index in [0.717, 1.165) is 16.5 Å². The molecular formula is C28H26BrNO5. The molecule has 3 aromatic carbocycles. The van der Waals surface area contributed by atoms with Crippen LogP contribution in [0.4, 0.5) is 5.69 Å². The minimum Gasteiger partial charge on any atom is -0.507 e. The fourth-order valence-electron chi connectivity index (χ4n) is 4.20. The third kappa shape index (κ3) is 4.68. The zero-order valence-electron chi connectivity index (χ0n) is 19.7. The number of hydrogen-bond acceptors (Lipinski definition) is 5. The van der Waals surface area contributed by atoms with Gasteiger partial charge in [0, 0.05) is 15.7 Å². The Kier molecular flexibility index (Phi) is 7.26. The maximum atomic E-state index is 13.3. The molecule has 1 aliphatic rings. The van der Waals surface area contributed by atoms with Gasteiger partial charge in [-0.1, -0.05) is 53.2 Å². The van der Waals surface area contributed by atoms with E-state index < -0.39 is 17.7 Å². The fourth-order valence-corrected chi connectivity index (χ4v) is 4.47. The lowest BCUT2D eigenvalue weighted by Crippen LogP contribution is -2.29. The van der Waals surface area contributed by atoms with Crippen LogP contribution in [0, 0.1) is 0 Å². The normalized spacial score (nSPS) is 17.0. The first-order valence-electron chi connectivity index (χ1n) is 11.4. The van der Waals surface area contributed by atoms with Gasteiger partial charge in [0.25, 0.3) is 11.7 Å². The lowest BCUT2D eigenvalue weighted by molar-refractivity contribution is -0.132. The highest BCUT2D eigenvalue weighted by atomic mass is 79.9. The predicted molar refractivity (Wildman–Crippen MR) is 139 cm³/mol. The van der Waals surface area contributed by atoms with E-state index >= 15 is 0 Å². The molecule has 1 saturated heterocycles. The molecule has 0 spiro atoms. The molecular weight excluding hydrogens is 510 g/mol. The molecule has 1 atom stereocenters. The number of ether oxygens (including phenoxy) is 2. The monoisotopic (exact) mass is 535 g/mol. The molecule has 6 nitrogen and oxygen atoms in total. The number of nitrogens with zero attached hydrogens (tertiary/aromatic N) is 1. The van der Waals surface area contributed by atoms with Crippen molar-refractivity contribution in [2.24, 2.45) is 0 Å². The average Bonchev–Trinajstić information content (AvgIpc) is 3.14. The van der Waals surface area contributed by atoms with Gasteiger partial charge in [0.2, 0.25) is 0 Å². The van der Waals surface area contributed by atoms with Gasteiger partial charge in [-0.05, 0) is 60.9 Å². The number of hydrogen-bond donors (Lipinski definition) is 1. The highest BCUT2D eigenvalue weighted by Crippen LogP contribution is 2.44. The average molecular weight is 536 g/mol. The van der Waals surface area contributed by atoms with E-state index in [1.807, 2.05) is 38.1 Å². The van der Waals surface area contributed by atoms with Crippen LogP contribution < -0.4 is 14.4 Å². The van der Waals surface area contributed by atoms with E-state index in [1.165, 1.54) is 4.90 Å². The zero-order chi connectivity index (χ0) is 25.1. The van der Waals surface area contributed by atoms with Crippen LogP contribution in [-0.2, 0) is 16.0 Å². The number of aliphatic hydroxyl groups excluding tert-OH is 1. The maximum absolute atomic E-state index is 13.3. The van der Waals surface area contributed by atoms with Gasteiger partial charge in [0.15, 0.2) is 11.5 Å². The van der Waals surface area contributed by atoms with Crippen molar-refractivity contribution in [2.45, 2.75) is 26.3 Å². The molecule has 1 heterocycles. The fraction of sp³-hybridized carbons (Fsp3) is 0.214. The summed E-state index contributed by atoms with van der Waals surface area (Å²) < 4.78 is 12.0. The number of rotatable bonds is 7. The van der Waals surface area contributed by atoms with E-state index in [4.69, 9.17) is 9.47 Å². The van der Waals surface area contributed by atoms with Gasteiger partial charge in [-0.3, -0.25) is 14.5 Å². The van der Waals surface area contributed by atoms with E-state index in [9.17, 15) is 14.7 Å². The Morgan fingerprint density at radius 3 is 2.26 bits per heavy atom. The van der Waals surface area contributed by atoms with Crippen LogP contribution in [0.25, 0.3) is 5.76 Å². The maximum Gasteiger partial charge on any atom is 0.300 e. The summed E-state index contributed by atoms with van der Waals surface area (Å²) in [5.74, 6) is -0.659. The SMILES string of the molecule is CCOc1cc(C2/C(=C(/O)c3ccc(Br)cc3)C(=O)C(=O)N2c2ccc(CC)cc2)ccc1OC. The highest BCUT2D eigenvalue weighted by molar-refractivity contribution is 9.10. The second kappa shape index (κ2) is 10.4. The standard InChI is InChI=1S/C28H26BrNO5/c1-4-17-6-13-21(14-7-17)30-25(19-10-15-22(34-3)23(16-19)35-5-2)24(27(32)28(30)33)26(31)18-8-11-20(29)12-9-18/h6-16,25,31H,4-5H2,1-3H3/b26-24-. The van der Waals surface area contributed by atoms with Crippen molar-refractivity contribution in [3.8, 4) is 11.5 Å². The minimum atomic E-state index is -0.851. The number of halogens is 1. The highest BCUT2D eigenvalue weighted by Gasteiger charge is 2.47. The summed E-state index contributed by atoms with van der Waals surface area (Å²) in [4.78, 5) is 28.1. The predicted octanol–water partition coefficient (Wildman–Crippen LogP) is 6.05. The molecule has 0 saturated carbocycles. The molecule has 3 aromatic rings. The molecule has 35 heavy (non-hydrogen) atoms. The Morgan fingerprint density at radius 2 is 1.66 bits per heavy atom. The third-order valence-corrected chi connectivity index (χ3v) is 6.52. The Morgan fingerprint density at radius 1 is 0.971 bits per heavy atom. The number of amides is 1. The Balaban J connectivity index is 1.94. The third-order valence-electron chi connectivity index (χ3n) is 5.99. The summed E-state index contributed by atoms with van der Waals surface area (Å²) in [6.07, 6.45) is 0.849. The van der Waals surface area contributed by atoms with Gasteiger partial charge >= 0.3 is 0 Å². The Labute approximate surface area is 212 Å². The van der Waals surface area contributed by atoms with E-state index in [1.54, 1.807) is 49.6 Å². The molecule has 0 radical (unpaired) electrons. The summed E-state index contributed by atoms with van der Waals surface area (Å²) >= 11 is 3.38. The van der Waals surface area contributed by atoms with Gasteiger partial charge in [-0.2, -0.15) is 0 Å². The molecule has 0 aromatic heterocycles. The largest absolute Gasteiger partial charge is 0.507 e. The van der Waals surface area contributed by atoms with Gasteiger partial charge in [-0.25, -0.2) is 0 Å². The first-order valence-corrected chi connectivity index (χ1v) is 12.2. The number of carbonyl (C=O) groups is 2. The van der Waals surface area contributed by atoms with Crippen molar-refractivity contribution in [2.75, 3.05) is 18.6 Å². The number of carbonyl (C=O) groups excluding carboxylic acids is 2. The van der Waals surface area contributed by atoms with Gasteiger partial charge in [0.1, 0.15) is 5.76 Å². The summed E-state index contributed by atoms with van der Waals surface area (Å²) in [7, 11) is 1.55. The number of ketones is 1. The Hall–Kier alpha value is -3.58. The first-order chi connectivity index (χ1) is 16.9. The van der Waals surface area contributed by atoms with Crippen LogP contribution in [0.2, 0.25) is 0 Å². The molecule has 1 aliphatic heterocycles. The second-order valence-corrected chi connectivity index (χ2v) is 8.95. The van der Waals surface area contributed by atoms with Crippen LogP contribution in [0.15, 0.2) is 76.8 Å². The van der Waals surface area contributed by atoms with Crippen molar-refractivity contribution in [1.29, 1.82) is 0 Å². The van der Waals surface area contributed by atoms with Crippen LogP contribution >= 0.6 is 15.9 Å². The summed E-state index contributed by atoms with van der Waals surface area (Å²) in [5.41, 5.74) is 2.75. The van der Waals surface area contributed by atoms with Crippen molar-refractivity contribution in [3.05, 3.63) is 93.5 Å². The van der Waals surface area contributed by atoms with Crippen molar-refractivity contribution >= 4 is 39.1 Å². The van der Waals surface area contributed by atoms with E-state index in [-0.39, 0.29) is 11.3 Å². The molecule has 7 heteroatoms.